The molecule has 0 radical (unpaired) electrons. The molecule has 1 aromatic heterocycles. The molecule has 31 heavy (non-hydrogen) atoms. The molecule has 4 nitrogen and oxygen atoms in total. The highest BCUT2D eigenvalue weighted by molar-refractivity contribution is 7.99. The van der Waals surface area contributed by atoms with E-state index in [9.17, 15) is 0 Å². The molecule has 1 atom stereocenters. The zero-order valence-electron chi connectivity index (χ0n) is 17.5. The molecule has 2 N–H and O–H groups in total. The summed E-state index contributed by atoms with van der Waals surface area (Å²) in [5.41, 5.74) is 9.29. The summed E-state index contributed by atoms with van der Waals surface area (Å²) in [7, 11) is 3.35. The van der Waals surface area contributed by atoms with Crippen LogP contribution in [0.1, 0.15) is 22.6 Å². The highest BCUT2D eigenvalue weighted by atomic mass is 32.2. The number of nitrogens with zero attached hydrogens (tertiary/aromatic N) is 1. The van der Waals surface area contributed by atoms with Crippen molar-refractivity contribution < 1.29 is 9.47 Å². The number of aromatic nitrogens is 1. The SMILES string of the molecule is COc1ccc(C(c2ccccc2)c2cccc(Sc3cccc(N)n3)c2)c(OC)c1. The van der Waals surface area contributed by atoms with Crippen LogP contribution in [0, 0.1) is 0 Å². The van der Waals surface area contributed by atoms with E-state index in [4.69, 9.17) is 15.2 Å². The van der Waals surface area contributed by atoms with Crippen molar-refractivity contribution in [2.75, 3.05) is 20.0 Å². The Morgan fingerprint density at radius 2 is 1.55 bits per heavy atom. The fourth-order valence-electron chi connectivity index (χ4n) is 3.62. The Labute approximate surface area is 187 Å². The molecule has 156 valence electrons. The van der Waals surface area contributed by atoms with E-state index < -0.39 is 0 Å². The number of nitrogens with two attached hydrogens (primary N) is 1. The Bertz CT molecular complexity index is 1160. The first-order chi connectivity index (χ1) is 15.2. The number of pyridine rings is 1. The van der Waals surface area contributed by atoms with Crippen molar-refractivity contribution in [1.29, 1.82) is 0 Å². The first-order valence-electron chi connectivity index (χ1n) is 9.95. The van der Waals surface area contributed by atoms with E-state index >= 15 is 0 Å². The summed E-state index contributed by atoms with van der Waals surface area (Å²) in [6.45, 7) is 0. The molecule has 0 spiro atoms. The average molecular weight is 429 g/mol. The van der Waals surface area contributed by atoms with Crippen molar-refractivity contribution >= 4 is 17.6 Å². The van der Waals surface area contributed by atoms with Gasteiger partial charge in [-0.15, -0.1) is 0 Å². The Kier molecular flexibility index (Phi) is 6.43. The molecule has 0 fully saturated rings. The predicted octanol–water partition coefficient (Wildman–Crippen LogP) is 6.01. The standard InChI is InChI=1S/C26H24N2O2S/c1-29-20-14-15-22(23(17-20)30-2)26(18-8-4-3-5-9-18)19-10-6-11-21(16-19)31-25-13-7-12-24(27)28-25/h3-17,26H,1-2H3,(H2,27,28). The summed E-state index contributed by atoms with van der Waals surface area (Å²) in [6.07, 6.45) is 0. The monoisotopic (exact) mass is 428 g/mol. The van der Waals surface area contributed by atoms with E-state index in [0.717, 1.165) is 27.0 Å². The van der Waals surface area contributed by atoms with Gasteiger partial charge in [0, 0.05) is 22.4 Å². The molecule has 1 heterocycles. The minimum atomic E-state index is 0.0106. The van der Waals surface area contributed by atoms with Crippen molar-refractivity contribution in [3.05, 3.63) is 108 Å². The predicted molar refractivity (Wildman–Crippen MR) is 126 cm³/mol. The van der Waals surface area contributed by atoms with Crippen LogP contribution in [0.2, 0.25) is 0 Å². The third-order valence-corrected chi connectivity index (χ3v) is 5.97. The second kappa shape index (κ2) is 9.58. The van der Waals surface area contributed by atoms with Gasteiger partial charge in [-0.1, -0.05) is 66.4 Å². The van der Waals surface area contributed by atoms with Crippen LogP contribution in [0.25, 0.3) is 0 Å². The van der Waals surface area contributed by atoms with E-state index in [1.807, 2.05) is 30.3 Å². The molecule has 1 unspecified atom stereocenters. The lowest BCUT2D eigenvalue weighted by atomic mass is 9.84. The molecule has 3 aromatic carbocycles. The molecule has 5 heteroatoms. The molecular weight excluding hydrogens is 404 g/mol. The normalized spacial score (nSPS) is 11.7. The average Bonchev–Trinajstić information content (AvgIpc) is 2.80. The molecule has 0 aliphatic carbocycles. The Morgan fingerprint density at radius 3 is 2.29 bits per heavy atom. The largest absolute Gasteiger partial charge is 0.497 e. The molecule has 0 bridgehead atoms. The van der Waals surface area contributed by atoms with E-state index in [0.29, 0.717) is 5.82 Å². The van der Waals surface area contributed by atoms with Crippen LogP contribution in [0.5, 0.6) is 11.5 Å². The van der Waals surface area contributed by atoms with E-state index in [2.05, 4.69) is 59.6 Å². The zero-order valence-corrected chi connectivity index (χ0v) is 18.3. The van der Waals surface area contributed by atoms with Crippen LogP contribution < -0.4 is 15.2 Å². The third-order valence-electron chi connectivity index (χ3n) is 5.04. The fraction of sp³-hybridized carbons (Fsp3) is 0.115. The van der Waals surface area contributed by atoms with E-state index in [-0.39, 0.29) is 5.92 Å². The zero-order chi connectivity index (χ0) is 21.6. The minimum absolute atomic E-state index is 0.0106. The van der Waals surface area contributed by atoms with Crippen LogP contribution in [0.4, 0.5) is 5.82 Å². The van der Waals surface area contributed by atoms with Gasteiger partial charge in [-0.05, 0) is 41.5 Å². The quantitative estimate of drug-likeness (QED) is 0.365. The lowest BCUT2D eigenvalue weighted by molar-refractivity contribution is 0.390. The van der Waals surface area contributed by atoms with Gasteiger partial charge < -0.3 is 15.2 Å². The van der Waals surface area contributed by atoms with Crippen LogP contribution in [-0.4, -0.2) is 19.2 Å². The summed E-state index contributed by atoms with van der Waals surface area (Å²) in [5, 5.41) is 0.871. The number of anilines is 1. The van der Waals surface area contributed by atoms with Crippen molar-refractivity contribution in [2.24, 2.45) is 0 Å². The number of hydrogen-bond donors (Lipinski definition) is 1. The molecule has 0 aliphatic rings. The van der Waals surface area contributed by atoms with Crippen molar-refractivity contribution in [3.63, 3.8) is 0 Å². The van der Waals surface area contributed by atoms with Crippen LogP contribution in [0.15, 0.2) is 101 Å². The summed E-state index contributed by atoms with van der Waals surface area (Å²) in [5.74, 6) is 2.09. The Balaban J connectivity index is 1.79. The Hall–Kier alpha value is -3.44. The summed E-state index contributed by atoms with van der Waals surface area (Å²) in [4.78, 5) is 5.51. The number of nitrogen functional groups attached to an aromatic ring is 1. The smallest absolute Gasteiger partial charge is 0.126 e. The third kappa shape index (κ3) is 4.84. The molecule has 0 aliphatic heterocycles. The second-order valence-electron chi connectivity index (χ2n) is 7.03. The first-order valence-corrected chi connectivity index (χ1v) is 10.8. The maximum atomic E-state index is 5.85. The molecule has 0 saturated carbocycles. The number of methoxy groups -OCH3 is 2. The van der Waals surface area contributed by atoms with Crippen LogP contribution >= 0.6 is 11.8 Å². The molecule has 0 amide bonds. The van der Waals surface area contributed by atoms with Gasteiger partial charge in [0.25, 0.3) is 0 Å². The van der Waals surface area contributed by atoms with Crippen LogP contribution in [-0.2, 0) is 0 Å². The summed E-state index contributed by atoms with van der Waals surface area (Å²) < 4.78 is 11.1. The molecule has 4 aromatic rings. The lowest BCUT2D eigenvalue weighted by Crippen LogP contribution is -2.06. The van der Waals surface area contributed by atoms with E-state index in [1.165, 1.54) is 11.1 Å². The van der Waals surface area contributed by atoms with Gasteiger partial charge in [-0.25, -0.2) is 4.98 Å². The maximum Gasteiger partial charge on any atom is 0.126 e. The minimum Gasteiger partial charge on any atom is -0.497 e. The highest BCUT2D eigenvalue weighted by Gasteiger charge is 2.21. The van der Waals surface area contributed by atoms with Crippen molar-refractivity contribution in [3.8, 4) is 11.5 Å². The Morgan fingerprint density at radius 1 is 0.774 bits per heavy atom. The first kappa shape index (κ1) is 20.8. The maximum absolute atomic E-state index is 5.85. The summed E-state index contributed by atoms with van der Waals surface area (Å²) in [6, 6.07) is 30.6. The van der Waals surface area contributed by atoms with Gasteiger partial charge in [0.15, 0.2) is 0 Å². The van der Waals surface area contributed by atoms with Gasteiger partial charge in [-0.2, -0.15) is 0 Å². The second-order valence-corrected chi connectivity index (χ2v) is 8.12. The number of hydrogen-bond acceptors (Lipinski definition) is 5. The van der Waals surface area contributed by atoms with Gasteiger partial charge >= 0.3 is 0 Å². The fourth-order valence-corrected chi connectivity index (χ4v) is 4.50. The van der Waals surface area contributed by atoms with Crippen LogP contribution in [0.3, 0.4) is 0 Å². The number of ether oxygens (including phenoxy) is 2. The molecule has 4 rings (SSSR count). The van der Waals surface area contributed by atoms with Gasteiger partial charge in [0.2, 0.25) is 0 Å². The number of benzene rings is 3. The summed E-state index contributed by atoms with van der Waals surface area (Å²) >= 11 is 1.60. The van der Waals surface area contributed by atoms with Gasteiger partial charge in [-0.3, -0.25) is 0 Å². The lowest BCUT2D eigenvalue weighted by Gasteiger charge is -2.22. The van der Waals surface area contributed by atoms with Crippen molar-refractivity contribution in [1.82, 2.24) is 4.98 Å². The molecular formula is C26H24N2O2S. The van der Waals surface area contributed by atoms with Gasteiger partial charge in [0.05, 0.1) is 14.2 Å². The highest BCUT2D eigenvalue weighted by Crippen LogP contribution is 2.40. The van der Waals surface area contributed by atoms with Gasteiger partial charge in [0.1, 0.15) is 22.3 Å². The number of rotatable bonds is 7. The molecule has 0 saturated heterocycles. The van der Waals surface area contributed by atoms with Crippen molar-refractivity contribution in [2.45, 2.75) is 15.8 Å². The van der Waals surface area contributed by atoms with E-state index in [1.54, 1.807) is 32.0 Å². The topological polar surface area (TPSA) is 57.4 Å².